The number of hydrogen-bond acceptors (Lipinski definition) is 3. The van der Waals surface area contributed by atoms with Gasteiger partial charge in [0.25, 0.3) is 0 Å². The number of likely N-dealkylation sites (N-methyl/N-ethyl adjacent to an activating group) is 1. The second kappa shape index (κ2) is 6.96. The normalized spacial score (nSPS) is 11.7. The average molecular weight is 201 g/mol. The number of Topliss-reactive ketones (excluding diaryl/α,β-unsaturated/α-hetero) is 1. The number of ketones is 1. The van der Waals surface area contributed by atoms with Crippen LogP contribution in [0.5, 0.6) is 0 Å². The summed E-state index contributed by atoms with van der Waals surface area (Å²) in [6.45, 7) is 9.93. The van der Waals surface area contributed by atoms with Gasteiger partial charge in [0.2, 0.25) is 0 Å². The maximum Gasteiger partial charge on any atom is 0.149 e. The topological polar surface area (TPSA) is 29.5 Å². The van der Waals surface area contributed by atoms with E-state index < -0.39 is 0 Å². The summed E-state index contributed by atoms with van der Waals surface area (Å²) in [6.07, 6.45) is 0.268. The lowest BCUT2D eigenvalue weighted by Gasteiger charge is -2.17. The molecule has 84 valence electrons. The summed E-state index contributed by atoms with van der Waals surface area (Å²) >= 11 is 0. The zero-order chi connectivity index (χ0) is 11.1. The van der Waals surface area contributed by atoms with Crippen LogP contribution in [0.1, 0.15) is 27.7 Å². The minimum atomic E-state index is 0.128. The Hall–Kier alpha value is -0.410. The molecule has 0 radical (unpaired) electrons. The van der Waals surface area contributed by atoms with Crippen LogP contribution in [-0.4, -0.2) is 43.5 Å². The van der Waals surface area contributed by atoms with Crippen molar-refractivity contribution < 1.29 is 9.53 Å². The summed E-state index contributed by atoms with van der Waals surface area (Å²) in [4.78, 5) is 13.4. The van der Waals surface area contributed by atoms with Gasteiger partial charge >= 0.3 is 0 Å². The largest absolute Gasteiger partial charge is 0.377 e. The first-order valence-corrected chi connectivity index (χ1v) is 5.26. The van der Waals surface area contributed by atoms with Gasteiger partial charge in [0.05, 0.1) is 19.3 Å². The van der Waals surface area contributed by atoms with Crippen molar-refractivity contribution >= 4 is 5.78 Å². The molecule has 3 nitrogen and oxygen atoms in total. The fraction of sp³-hybridized carbons (Fsp3) is 0.909. The van der Waals surface area contributed by atoms with E-state index in [4.69, 9.17) is 4.74 Å². The molecule has 0 aromatic carbocycles. The van der Waals surface area contributed by atoms with Crippen molar-refractivity contribution in [2.75, 3.05) is 26.7 Å². The maximum atomic E-state index is 11.4. The van der Waals surface area contributed by atoms with E-state index in [2.05, 4.69) is 0 Å². The number of carbonyl (C=O) groups is 1. The number of hydrogen-bond donors (Lipinski definition) is 0. The predicted molar refractivity (Wildman–Crippen MR) is 58.4 cm³/mol. The highest BCUT2D eigenvalue weighted by atomic mass is 16.5. The summed E-state index contributed by atoms with van der Waals surface area (Å²) in [5.41, 5.74) is 0. The molecular weight excluding hydrogens is 178 g/mol. The van der Waals surface area contributed by atoms with Crippen LogP contribution in [0.25, 0.3) is 0 Å². The second-order valence-corrected chi connectivity index (χ2v) is 4.28. The Kier molecular flexibility index (Phi) is 6.75. The zero-order valence-electron chi connectivity index (χ0n) is 10.0. The van der Waals surface area contributed by atoms with Crippen LogP contribution < -0.4 is 0 Å². The van der Waals surface area contributed by atoms with Crippen LogP contribution in [0, 0.1) is 5.92 Å². The maximum absolute atomic E-state index is 11.4. The fourth-order valence-corrected chi connectivity index (χ4v) is 0.972. The number of ether oxygens (including phenoxy) is 1. The molecule has 0 amide bonds. The smallest absolute Gasteiger partial charge is 0.149 e. The van der Waals surface area contributed by atoms with E-state index in [0.29, 0.717) is 13.2 Å². The van der Waals surface area contributed by atoms with Crippen LogP contribution >= 0.6 is 0 Å². The van der Waals surface area contributed by atoms with E-state index in [0.717, 1.165) is 6.54 Å². The highest BCUT2D eigenvalue weighted by Crippen LogP contribution is 1.96. The molecule has 0 spiro atoms. The Balaban J connectivity index is 3.55. The van der Waals surface area contributed by atoms with Crippen molar-refractivity contribution in [2.24, 2.45) is 5.92 Å². The third-order valence-electron chi connectivity index (χ3n) is 1.99. The minimum absolute atomic E-state index is 0.128. The molecule has 0 atom stereocenters. The van der Waals surface area contributed by atoms with Gasteiger partial charge < -0.3 is 4.74 Å². The monoisotopic (exact) mass is 201 g/mol. The quantitative estimate of drug-likeness (QED) is 0.626. The second-order valence-electron chi connectivity index (χ2n) is 4.28. The van der Waals surface area contributed by atoms with Gasteiger partial charge in [-0.3, -0.25) is 9.69 Å². The number of nitrogens with zero attached hydrogens (tertiary/aromatic N) is 1. The highest BCUT2D eigenvalue weighted by Gasteiger charge is 2.10. The summed E-state index contributed by atoms with van der Waals surface area (Å²) in [5.74, 6) is 0.417. The molecule has 0 saturated heterocycles. The fourth-order valence-electron chi connectivity index (χ4n) is 0.972. The van der Waals surface area contributed by atoms with Crippen LogP contribution in [0.15, 0.2) is 0 Å². The van der Waals surface area contributed by atoms with Gasteiger partial charge in [0.1, 0.15) is 5.78 Å². The van der Waals surface area contributed by atoms with Gasteiger partial charge in [0, 0.05) is 12.5 Å². The van der Waals surface area contributed by atoms with Crippen LogP contribution in [-0.2, 0) is 9.53 Å². The van der Waals surface area contributed by atoms with E-state index in [1.54, 1.807) is 0 Å². The first kappa shape index (κ1) is 13.6. The summed E-state index contributed by atoms with van der Waals surface area (Å²) < 4.78 is 5.40. The van der Waals surface area contributed by atoms with Gasteiger partial charge in [-0.25, -0.2) is 0 Å². The van der Waals surface area contributed by atoms with Gasteiger partial charge in [-0.05, 0) is 20.9 Å². The highest BCUT2D eigenvalue weighted by molar-refractivity contribution is 5.82. The van der Waals surface area contributed by atoms with Crippen molar-refractivity contribution in [1.82, 2.24) is 4.90 Å². The number of rotatable bonds is 7. The molecule has 0 fully saturated rings. The molecule has 3 heteroatoms. The molecule has 0 aliphatic rings. The molecule has 0 rings (SSSR count). The molecule has 0 aliphatic heterocycles. The lowest BCUT2D eigenvalue weighted by Crippen LogP contribution is -2.31. The first-order chi connectivity index (χ1) is 6.43. The first-order valence-electron chi connectivity index (χ1n) is 5.26. The van der Waals surface area contributed by atoms with Crippen LogP contribution in [0.3, 0.4) is 0 Å². The molecule has 0 unspecified atom stereocenters. The van der Waals surface area contributed by atoms with Gasteiger partial charge in [0.15, 0.2) is 0 Å². The van der Waals surface area contributed by atoms with Gasteiger partial charge in [-0.15, -0.1) is 0 Å². The van der Waals surface area contributed by atoms with Crippen molar-refractivity contribution in [3.05, 3.63) is 0 Å². The Morgan fingerprint density at radius 2 is 1.86 bits per heavy atom. The molecule has 0 aromatic rings. The molecule has 0 saturated carbocycles. The molecule has 0 aromatic heterocycles. The van der Waals surface area contributed by atoms with Gasteiger partial charge in [-0.1, -0.05) is 13.8 Å². The average Bonchev–Trinajstić information content (AvgIpc) is 2.02. The lowest BCUT2D eigenvalue weighted by molar-refractivity contribution is -0.122. The third-order valence-corrected chi connectivity index (χ3v) is 1.99. The zero-order valence-corrected chi connectivity index (χ0v) is 10.0. The van der Waals surface area contributed by atoms with E-state index in [1.165, 1.54) is 0 Å². The summed E-state index contributed by atoms with van der Waals surface area (Å²) in [7, 11) is 1.95. The van der Waals surface area contributed by atoms with Crippen molar-refractivity contribution in [3.63, 3.8) is 0 Å². The Labute approximate surface area is 87.4 Å². The van der Waals surface area contributed by atoms with E-state index >= 15 is 0 Å². The standard InChI is InChI=1S/C11H23NO2/c1-9(2)11(13)8-12(5)6-7-14-10(3)4/h9-10H,6-8H2,1-5H3. The molecule has 0 bridgehead atoms. The summed E-state index contributed by atoms with van der Waals surface area (Å²) in [5, 5.41) is 0. The molecule has 14 heavy (non-hydrogen) atoms. The van der Waals surface area contributed by atoms with Crippen LogP contribution in [0.2, 0.25) is 0 Å². The molecular formula is C11H23NO2. The Bertz CT molecular complexity index is 167. The summed E-state index contributed by atoms with van der Waals surface area (Å²) in [6, 6.07) is 0. The Morgan fingerprint density at radius 1 is 1.29 bits per heavy atom. The Morgan fingerprint density at radius 3 is 2.29 bits per heavy atom. The SMILES string of the molecule is CC(C)OCCN(C)CC(=O)C(C)C. The predicted octanol–water partition coefficient (Wildman–Crippen LogP) is 1.57. The molecule has 0 N–H and O–H groups in total. The van der Waals surface area contributed by atoms with Gasteiger partial charge in [-0.2, -0.15) is 0 Å². The molecule has 0 aliphatic carbocycles. The third kappa shape index (κ3) is 7.04. The van der Waals surface area contributed by atoms with Crippen LogP contribution in [0.4, 0.5) is 0 Å². The molecule has 0 heterocycles. The minimum Gasteiger partial charge on any atom is -0.377 e. The number of carbonyl (C=O) groups excluding carboxylic acids is 1. The van der Waals surface area contributed by atoms with Crippen molar-refractivity contribution in [1.29, 1.82) is 0 Å². The van der Waals surface area contributed by atoms with E-state index in [1.807, 2.05) is 39.6 Å². The van der Waals surface area contributed by atoms with E-state index in [-0.39, 0.29) is 17.8 Å². The van der Waals surface area contributed by atoms with Crippen molar-refractivity contribution in [3.8, 4) is 0 Å². The van der Waals surface area contributed by atoms with Crippen molar-refractivity contribution in [2.45, 2.75) is 33.8 Å². The van der Waals surface area contributed by atoms with E-state index in [9.17, 15) is 4.79 Å². The lowest BCUT2D eigenvalue weighted by atomic mass is 10.1.